The van der Waals surface area contributed by atoms with Gasteiger partial charge in [0.1, 0.15) is 5.60 Å². The third-order valence-corrected chi connectivity index (χ3v) is 4.00. The first kappa shape index (κ1) is 22.2. The highest BCUT2D eigenvalue weighted by Crippen LogP contribution is 2.14. The Hall–Kier alpha value is -0.770. The Kier molecular flexibility index (Phi) is 10.5. The molecule has 0 aliphatic rings. The van der Waals surface area contributed by atoms with Crippen LogP contribution in [0.4, 0.5) is 4.79 Å². The number of ether oxygens (including phenoxy) is 1. The van der Waals surface area contributed by atoms with Crippen molar-refractivity contribution in [3.63, 3.8) is 0 Å². The lowest BCUT2D eigenvalue weighted by atomic mass is 9.95. The molecule has 3 atom stereocenters. The Bertz CT molecular complexity index is 324. The molecule has 138 valence electrons. The van der Waals surface area contributed by atoms with Gasteiger partial charge in [0.2, 0.25) is 0 Å². The van der Waals surface area contributed by atoms with Crippen molar-refractivity contribution in [2.45, 2.75) is 98.8 Å². The van der Waals surface area contributed by atoms with E-state index in [0.717, 1.165) is 18.8 Å². The lowest BCUT2D eigenvalue weighted by Crippen LogP contribution is -2.47. The van der Waals surface area contributed by atoms with Crippen molar-refractivity contribution >= 4 is 6.09 Å². The monoisotopic (exact) mass is 328 g/mol. The van der Waals surface area contributed by atoms with E-state index in [4.69, 9.17) is 4.74 Å². The van der Waals surface area contributed by atoms with Crippen LogP contribution in [-0.2, 0) is 4.74 Å². The van der Waals surface area contributed by atoms with Crippen molar-refractivity contribution in [1.82, 2.24) is 10.6 Å². The summed E-state index contributed by atoms with van der Waals surface area (Å²) < 4.78 is 5.33. The van der Waals surface area contributed by atoms with Crippen molar-refractivity contribution in [2.75, 3.05) is 6.54 Å². The maximum absolute atomic E-state index is 11.9. The van der Waals surface area contributed by atoms with E-state index in [1.165, 1.54) is 12.8 Å². The number of alkyl carbamates (subject to hydrolysis) is 1. The molecule has 0 bridgehead atoms. The van der Waals surface area contributed by atoms with Crippen LogP contribution < -0.4 is 10.6 Å². The van der Waals surface area contributed by atoms with E-state index in [1.54, 1.807) is 0 Å². The minimum Gasteiger partial charge on any atom is -0.444 e. The lowest BCUT2D eigenvalue weighted by Gasteiger charge is -2.29. The van der Waals surface area contributed by atoms with Crippen LogP contribution in [0.5, 0.6) is 0 Å². The van der Waals surface area contributed by atoms with Gasteiger partial charge in [-0.3, -0.25) is 0 Å². The maximum atomic E-state index is 11.9. The van der Waals surface area contributed by atoms with Crippen LogP contribution >= 0.6 is 0 Å². The summed E-state index contributed by atoms with van der Waals surface area (Å²) in [5.41, 5.74) is -0.451. The highest BCUT2D eigenvalue weighted by atomic mass is 16.6. The Morgan fingerprint density at radius 1 is 1.00 bits per heavy atom. The van der Waals surface area contributed by atoms with Gasteiger partial charge in [0.15, 0.2) is 0 Å². The van der Waals surface area contributed by atoms with E-state index in [0.29, 0.717) is 18.5 Å². The van der Waals surface area contributed by atoms with Crippen molar-refractivity contribution in [3.8, 4) is 0 Å². The second-order valence-corrected chi connectivity index (χ2v) is 8.23. The van der Waals surface area contributed by atoms with Crippen molar-refractivity contribution in [3.05, 3.63) is 0 Å². The predicted octanol–water partition coefficient (Wildman–Crippen LogP) is 4.73. The van der Waals surface area contributed by atoms with Gasteiger partial charge in [0.25, 0.3) is 0 Å². The Labute approximate surface area is 144 Å². The molecule has 1 amide bonds. The molecule has 0 rings (SSSR count). The first-order valence-electron chi connectivity index (χ1n) is 9.30. The second-order valence-electron chi connectivity index (χ2n) is 8.23. The molecule has 4 nitrogen and oxygen atoms in total. The molecule has 0 heterocycles. The minimum absolute atomic E-state index is 0.288. The molecule has 0 saturated heterocycles. The van der Waals surface area contributed by atoms with Crippen molar-refractivity contribution < 1.29 is 9.53 Å². The average molecular weight is 329 g/mol. The molecular formula is C19H40N2O2. The summed E-state index contributed by atoms with van der Waals surface area (Å²) >= 11 is 0. The number of hydrogen-bond donors (Lipinski definition) is 2. The largest absolute Gasteiger partial charge is 0.444 e. The van der Waals surface area contributed by atoms with Gasteiger partial charge in [0.05, 0.1) is 0 Å². The molecule has 2 N–H and O–H groups in total. The van der Waals surface area contributed by atoms with E-state index in [1.807, 2.05) is 20.8 Å². The third-order valence-electron chi connectivity index (χ3n) is 4.00. The topological polar surface area (TPSA) is 50.4 Å². The number of rotatable bonds is 10. The fourth-order valence-electron chi connectivity index (χ4n) is 2.64. The van der Waals surface area contributed by atoms with Crippen LogP contribution in [-0.4, -0.2) is 30.3 Å². The fourth-order valence-corrected chi connectivity index (χ4v) is 2.64. The molecule has 0 aliphatic carbocycles. The third kappa shape index (κ3) is 12.3. The molecule has 4 heteroatoms. The summed E-state index contributed by atoms with van der Waals surface area (Å²) in [5, 5.41) is 6.67. The van der Waals surface area contributed by atoms with Gasteiger partial charge in [-0.15, -0.1) is 0 Å². The molecule has 0 radical (unpaired) electrons. The Morgan fingerprint density at radius 3 is 2.04 bits per heavy atom. The summed E-state index contributed by atoms with van der Waals surface area (Å²) in [4.78, 5) is 11.9. The number of nitrogens with one attached hydrogen (secondary N) is 2. The second kappa shape index (κ2) is 10.9. The Balaban J connectivity index is 4.52. The zero-order chi connectivity index (χ0) is 18.0. The number of amides is 1. The summed E-state index contributed by atoms with van der Waals surface area (Å²) in [5.74, 6) is 1.32. The Morgan fingerprint density at radius 2 is 1.61 bits per heavy atom. The predicted molar refractivity (Wildman–Crippen MR) is 98.8 cm³/mol. The van der Waals surface area contributed by atoms with Crippen LogP contribution in [0.15, 0.2) is 0 Å². The summed E-state index contributed by atoms with van der Waals surface area (Å²) in [6.45, 7) is 17.5. The molecule has 0 aromatic heterocycles. The van der Waals surface area contributed by atoms with Crippen LogP contribution in [0.2, 0.25) is 0 Å². The number of carbonyl (C=O) groups excluding carboxylic acids is 1. The van der Waals surface area contributed by atoms with Gasteiger partial charge in [-0.05, 0) is 51.9 Å². The standard InChI is InChI=1S/C19H40N2O2/c1-9-15(5)12-16(10-2)21-17(11-14(3)4)13-20-18(22)23-19(6,7)8/h14-17,21H,9-13H2,1-8H3,(H,20,22). The quantitative estimate of drug-likeness (QED) is 0.609. The minimum atomic E-state index is -0.451. The summed E-state index contributed by atoms with van der Waals surface area (Å²) in [6, 6.07) is 0.797. The van der Waals surface area contributed by atoms with E-state index < -0.39 is 5.60 Å². The highest BCUT2D eigenvalue weighted by molar-refractivity contribution is 5.67. The average Bonchev–Trinajstić information content (AvgIpc) is 2.41. The van der Waals surface area contributed by atoms with Gasteiger partial charge in [-0.25, -0.2) is 4.79 Å². The van der Waals surface area contributed by atoms with Crippen LogP contribution in [0, 0.1) is 11.8 Å². The van der Waals surface area contributed by atoms with Gasteiger partial charge in [0, 0.05) is 18.6 Å². The molecule has 23 heavy (non-hydrogen) atoms. The van der Waals surface area contributed by atoms with Gasteiger partial charge < -0.3 is 15.4 Å². The van der Waals surface area contributed by atoms with Crippen LogP contribution in [0.1, 0.15) is 81.1 Å². The molecule has 0 aromatic carbocycles. The molecular weight excluding hydrogens is 288 g/mol. The van der Waals surface area contributed by atoms with E-state index >= 15 is 0 Å². The highest BCUT2D eigenvalue weighted by Gasteiger charge is 2.20. The van der Waals surface area contributed by atoms with Gasteiger partial charge in [-0.1, -0.05) is 41.0 Å². The van der Waals surface area contributed by atoms with Crippen molar-refractivity contribution in [2.24, 2.45) is 11.8 Å². The number of hydrogen-bond acceptors (Lipinski definition) is 3. The zero-order valence-corrected chi connectivity index (χ0v) is 16.7. The van der Waals surface area contributed by atoms with Crippen LogP contribution in [0.25, 0.3) is 0 Å². The normalized spacial score (nSPS) is 16.0. The summed E-state index contributed by atoms with van der Waals surface area (Å²) in [7, 11) is 0. The zero-order valence-electron chi connectivity index (χ0n) is 16.7. The van der Waals surface area contributed by atoms with Crippen molar-refractivity contribution in [1.29, 1.82) is 0 Å². The molecule has 0 fully saturated rings. The smallest absolute Gasteiger partial charge is 0.407 e. The first-order chi connectivity index (χ1) is 10.6. The van der Waals surface area contributed by atoms with E-state index in [-0.39, 0.29) is 12.1 Å². The molecule has 0 aliphatic heterocycles. The number of carbonyl (C=O) groups is 1. The van der Waals surface area contributed by atoms with Gasteiger partial charge >= 0.3 is 6.09 Å². The van der Waals surface area contributed by atoms with Crippen LogP contribution in [0.3, 0.4) is 0 Å². The lowest BCUT2D eigenvalue weighted by molar-refractivity contribution is 0.0519. The SMILES string of the molecule is CCC(C)CC(CC)NC(CNC(=O)OC(C)(C)C)CC(C)C. The van der Waals surface area contributed by atoms with E-state index in [2.05, 4.69) is 45.3 Å². The summed E-state index contributed by atoms with van der Waals surface area (Å²) in [6.07, 6.45) is 4.23. The first-order valence-corrected chi connectivity index (χ1v) is 9.30. The molecule has 0 spiro atoms. The molecule has 3 unspecified atom stereocenters. The van der Waals surface area contributed by atoms with E-state index in [9.17, 15) is 4.79 Å². The maximum Gasteiger partial charge on any atom is 0.407 e. The molecule has 0 aromatic rings. The molecule has 0 saturated carbocycles. The fraction of sp³-hybridized carbons (Fsp3) is 0.947. The van der Waals surface area contributed by atoms with Gasteiger partial charge in [-0.2, -0.15) is 0 Å².